The van der Waals surface area contributed by atoms with Crippen LogP contribution in [0.15, 0.2) is 51.9 Å². The second-order valence-corrected chi connectivity index (χ2v) is 6.58. The van der Waals surface area contributed by atoms with Gasteiger partial charge in [0.05, 0.1) is 5.25 Å². The van der Waals surface area contributed by atoms with E-state index in [0.29, 0.717) is 17.3 Å². The quantitative estimate of drug-likeness (QED) is 0.694. The molecule has 1 unspecified atom stereocenters. The van der Waals surface area contributed by atoms with E-state index in [1.807, 2.05) is 12.1 Å². The van der Waals surface area contributed by atoms with Crippen LogP contribution in [0.3, 0.4) is 0 Å². The molecule has 2 heterocycles. The van der Waals surface area contributed by atoms with Crippen LogP contribution < -0.4 is 0 Å². The molecule has 0 saturated carbocycles. The Bertz CT molecular complexity index is 821. The van der Waals surface area contributed by atoms with Crippen LogP contribution in [0.1, 0.15) is 22.3 Å². The molecular weight excluding hydrogens is 299 g/mol. The zero-order chi connectivity index (χ0) is 15.1. The number of rotatable bonds is 2. The van der Waals surface area contributed by atoms with Gasteiger partial charge >= 0.3 is 0 Å². The third-order valence-corrected chi connectivity index (χ3v) is 5.09. The molecule has 110 valence electrons. The van der Waals surface area contributed by atoms with Crippen molar-refractivity contribution in [3.63, 3.8) is 0 Å². The van der Waals surface area contributed by atoms with E-state index < -0.39 is 0 Å². The van der Waals surface area contributed by atoms with Crippen molar-refractivity contribution >= 4 is 11.8 Å². The predicted molar refractivity (Wildman–Crippen MR) is 83.2 cm³/mol. The number of hydrogen-bond donors (Lipinski definition) is 0. The lowest BCUT2D eigenvalue weighted by Gasteiger charge is -2.00. The minimum absolute atomic E-state index is 0.153. The van der Waals surface area contributed by atoms with Crippen LogP contribution in [-0.2, 0) is 6.42 Å². The minimum atomic E-state index is -0.228. The fraction of sp³-hybridized carbons (Fsp3) is 0.176. The topological polar surface area (TPSA) is 38.9 Å². The third-order valence-electron chi connectivity index (χ3n) is 3.78. The molecule has 4 rings (SSSR count). The fourth-order valence-corrected chi connectivity index (χ4v) is 3.81. The number of halogens is 1. The molecule has 0 N–H and O–H groups in total. The van der Waals surface area contributed by atoms with Crippen molar-refractivity contribution in [3.8, 4) is 11.4 Å². The van der Waals surface area contributed by atoms with Gasteiger partial charge in [0.15, 0.2) is 0 Å². The van der Waals surface area contributed by atoms with Crippen molar-refractivity contribution < 1.29 is 8.91 Å². The van der Waals surface area contributed by atoms with E-state index in [0.717, 1.165) is 12.0 Å². The zero-order valence-corrected chi connectivity index (χ0v) is 12.7. The van der Waals surface area contributed by atoms with Crippen LogP contribution in [0, 0.1) is 12.7 Å². The summed E-state index contributed by atoms with van der Waals surface area (Å²) < 4.78 is 18.8. The predicted octanol–water partition coefficient (Wildman–Crippen LogP) is 4.57. The van der Waals surface area contributed by atoms with E-state index in [1.54, 1.807) is 30.8 Å². The van der Waals surface area contributed by atoms with Crippen LogP contribution in [0.2, 0.25) is 0 Å². The second kappa shape index (κ2) is 5.25. The van der Waals surface area contributed by atoms with Gasteiger partial charge in [-0.2, -0.15) is 4.98 Å². The van der Waals surface area contributed by atoms with Gasteiger partial charge in [0.1, 0.15) is 5.82 Å². The summed E-state index contributed by atoms with van der Waals surface area (Å²) in [5.74, 6) is 0.905. The largest absolute Gasteiger partial charge is 0.338 e. The van der Waals surface area contributed by atoms with Gasteiger partial charge in [-0.05, 0) is 48.7 Å². The van der Waals surface area contributed by atoms with Gasteiger partial charge in [-0.25, -0.2) is 4.39 Å². The molecule has 0 radical (unpaired) electrons. The van der Waals surface area contributed by atoms with Crippen molar-refractivity contribution in [2.75, 3.05) is 0 Å². The van der Waals surface area contributed by atoms with Gasteiger partial charge in [-0.1, -0.05) is 23.4 Å². The maximum atomic E-state index is 13.3. The highest BCUT2D eigenvalue weighted by molar-refractivity contribution is 7.99. The Hall–Kier alpha value is -2.14. The average molecular weight is 312 g/mol. The highest BCUT2D eigenvalue weighted by Gasteiger charge is 2.28. The molecule has 1 aromatic heterocycles. The molecule has 22 heavy (non-hydrogen) atoms. The minimum Gasteiger partial charge on any atom is -0.338 e. The van der Waals surface area contributed by atoms with Crippen LogP contribution in [0.25, 0.3) is 11.4 Å². The standard InChI is InChI=1S/C17H13FN2OS/c1-10-8-12(6-7-13(10)18)16-19-17(21-20-16)15-9-11-4-2-3-5-14(11)22-15/h2-8,15H,9H2,1H3. The highest BCUT2D eigenvalue weighted by atomic mass is 32.2. The SMILES string of the molecule is Cc1cc(-c2noc(C3Cc4ccccc4S3)n2)ccc1F. The molecule has 0 aliphatic carbocycles. The number of nitrogens with zero attached hydrogens (tertiary/aromatic N) is 2. The summed E-state index contributed by atoms with van der Waals surface area (Å²) in [7, 11) is 0. The molecule has 0 amide bonds. The lowest BCUT2D eigenvalue weighted by Crippen LogP contribution is -1.93. The number of aryl methyl sites for hydroxylation is 1. The summed E-state index contributed by atoms with van der Waals surface area (Å²) in [4.78, 5) is 5.76. The summed E-state index contributed by atoms with van der Waals surface area (Å²) in [5.41, 5.74) is 2.66. The van der Waals surface area contributed by atoms with Gasteiger partial charge in [0.2, 0.25) is 11.7 Å². The maximum absolute atomic E-state index is 13.3. The Morgan fingerprint density at radius 1 is 1.23 bits per heavy atom. The Labute approximate surface area is 131 Å². The van der Waals surface area contributed by atoms with Gasteiger partial charge in [0, 0.05) is 10.5 Å². The van der Waals surface area contributed by atoms with Crippen LogP contribution in [0.5, 0.6) is 0 Å². The molecule has 1 aliphatic rings. The molecule has 3 aromatic rings. The molecule has 2 aromatic carbocycles. The Morgan fingerprint density at radius 3 is 2.91 bits per heavy atom. The van der Waals surface area contributed by atoms with E-state index in [1.165, 1.54) is 16.5 Å². The average Bonchev–Trinajstić information content (AvgIpc) is 3.15. The lowest BCUT2D eigenvalue weighted by atomic mass is 10.1. The smallest absolute Gasteiger partial charge is 0.240 e. The summed E-state index contributed by atoms with van der Waals surface area (Å²) >= 11 is 1.75. The van der Waals surface area contributed by atoms with Gasteiger partial charge in [-0.3, -0.25) is 0 Å². The summed E-state index contributed by atoms with van der Waals surface area (Å²) in [6, 6.07) is 13.2. The fourth-order valence-electron chi connectivity index (χ4n) is 2.59. The first kappa shape index (κ1) is 13.5. The highest BCUT2D eigenvalue weighted by Crippen LogP contribution is 2.45. The molecule has 3 nitrogen and oxygen atoms in total. The van der Waals surface area contributed by atoms with Crippen molar-refractivity contribution in [3.05, 3.63) is 65.3 Å². The molecule has 0 bridgehead atoms. The van der Waals surface area contributed by atoms with E-state index >= 15 is 0 Å². The molecular formula is C17H13FN2OS. The molecule has 5 heteroatoms. The normalized spacial score (nSPS) is 16.7. The van der Waals surface area contributed by atoms with Gasteiger partial charge in [0.25, 0.3) is 0 Å². The van der Waals surface area contributed by atoms with Crippen LogP contribution in [0.4, 0.5) is 4.39 Å². The second-order valence-electron chi connectivity index (χ2n) is 5.34. The number of benzene rings is 2. The van der Waals surface area contributed by atoms with E-state index in [-0.39, 0.29) is 11.1 Å². The summed E-state index contributed by atoms with van der Waals surface area (Å²) in [6.07, 6.45) is 0.894. The molecule has 0 spiro atoms. The third kappa shape index (κ3) is 2.31. The van der Waals surface area contributed by atoms with Crippen molar-refractivity contribution in [1.82, 2.24) is 10.1 Å². The number of aromatic nitrogens is 2. The summed E-state index contributed by atoms with van der Waals surface area (Å²) in [5, 5.41) is 4.20. The Morgan fingerprint density at radius 2 is 2.09 bits per heavy atom. The first-order chi connectivity index (χ1) is 10.7. The monoisotopic (exact) mass is 312 g/mol. The van der Waals surface area contributed by atoms with Crippen molar-refractivity contribution in [2.45, 2.75) is 23.5 Å². The van der Waals surface area contributed by atoms with E-state index in [4.69, 9.17) is 4.52 Å². The van der Waals surface area contributed by atoms with Gasteiger partial charge < -0.3 is 4.52 Å². The van der Waals surface area contributed by atoms with Crippen LogP contribution >= 0.6 is 11.8 Å². The molecule has 1 aliphatic heterocycles. The number of fused-ring (bicyclic) bond motifs is 1. The Balaban J connectivity index is 1.61. The number of hydrogen-bond acceptors (Lipinski definition) is 4. The van der Waals surface area contributed by atoms with E-state index in [9.17, 15) is 4.39 Å². The van der Waals surface area contributed by atoms with E-state index in [2.05, 4.69) is 22.3 Å². The number of thioether (sulfide) groups is 1. The first-order valence-electron chi connectivity index (χ1n) is 7.05. The van der Waals surface area contributed by atoms with Gasteiger partial charge in [-0.15, -0.1) is 11.8 Å². The first-order valence-corrected chi connectivity index (χ1v) is 7.93. The molecule has 1 atom stereocenters. The summed E-state index contributed by atoms with van der Waals surface area (Å²) in [6.45, 7) is 1.73. The maximum Gasteiger partial charge on any atom is 0.240 e. The van der Waals surface area contributed by atoms with Crippen LogP contribution in [-0.4, -0.2) is 10.1 Å². The zero-order valence-electron chi connectivity index (χ0n) is 11.9. The lowest BCUT2D eigenvalue weighted by molar-refractivity contribution is 0.377. The van der Waals surface area contributed by atoms with Crippen molar-refractivity contribution in [1.29, 1.82) is 0 Å². The Kier molecular flexibility index (Phi) is 3.22. The molecule has 0 saturated heterocycles. The van der Waals surface area contributed by atoms with Crippen molar-refractivity contribution in [2.24, 2.45) is 0 Å². The molecule has 0 fully saturated rings.